The standard InChI is InChI=1S/C62H68F3N9O6S/c1-37-42(43-25-27-53(67-56(43)59(78)80-61(2,3)4)74-31-29-39-13-10-15-44(47(39)35-74)57(76)69-60-66-48-16-6-7-18-51(48)81-60)14-11-17-50(37)79-41-22-19-38(20-23-41)12-8-9-30-72-32-33-73(36-52(72)62(63,64)65)40-21-24-45-49(34-40)71(5)70-55(45)46-26-28-54(75)68-58(46)77/h6-7,10-11,13-18,21,24-25,27,34,38,41,46,52H,8-9,12,19-20,22-23,26,28-33,35-36H2,1-5H3,(H,66,69,76)(H,68,75,77)/t38?,41?,46?,52-/m0/s1. The Morgan fingerprint density at radius 3 is 2.42 bits per heavy atom. The summed E-state index contributed by atoms with van der Waals surface area (Å²) in [5, 5.41) is 11.3. The lowest BCUT2D eigenvalue weighted by Gasteiger charge is -2.43. The first-order chi connectivity index (χ1) is 38.8. The van der Waals surface area contributed by atoms with E-state index in [-0.39, 0.29) is 49.0 Å². The van der Waals surface area contributed by atoms with Gasteiger partial charge in [-0.05, 0) is 162 Å². The Morgan fingerprint density at radius 1 is 0.840 bits per heavy atom. The maximum atomic E-state index is 14.7. The van der Waals surface area contributed by atoms with Crippen LogP contribution in [0.3, 0.4) is 0 Å². The summed E-state index contributed by atoms with van der Waals surface area (Å²) < 4.78 is 59.5. The van der Waals surface area contributed by atoms with Crippen LogP contribution < -0.4 is 25.2 Å². The number of nitrogens with one attached hydrogen (secondary N) is 2. The van der Waals surface area contributed by atoms with Gasteiger partial charge < -0.3 is 19.3 Å². The molecule has 7 aromatic rings. The zero-order valence-corrected chi connectivity index (χ0v) is 47.2. The van der Waals surface area contributed by atoms with Crippen LogP contribution in [0.5, 0.6) is 5.75 Å². The minimum atomic E-state index is -4.40. The summed E-state index contributed by atoms with van der Waals surface area (Å²) in [4.78, 5) is 67.5. The summed E-state index contributed by atoms with van der Waals surface area (Å²) in [5.74, 6) is -0.235. The van der Waals surface area contributed by atoms with Gasteiger partial charge in [0.25, 0.3) is 5.91 Å². The van der Waals surface area contributed by atoms with Crippen molar-refractivity contribution in [1.82, 2.24) is 30.0 Å². The molecule has 6 heterocycles. The molecular weight excluding hydrogens is 1060 g/mol. The van der Waals surface area contributed by atoms with Crippen LogP contribution in [0.15, 0.2) is 91.0 Å². The van der Waals surface area contributed by atoms with E-state index in [0.29, 0.717) is 84.8 Å². The van der Waals surface area contributed by atoms with Gasteiger partial charge in [0, 0.05) is 68.4 Å². The monoisotopic (exact) mass is 1120 g/mol. The van der Waals surface area contributed by atoms with Crippen molar-refractivity contribution >= 4 is 72.8 Å². The number of anilines is 3. The number of hydrogen-bond donors (Lipinski definition) is 2. The Hall–Kier alpha value is -7.38. The van der Waals surface area contributed by atoms with Gasteiger partial charge >= 0.3 is 12.1 Å². The molecule has 0 spiro atoms. The maximum Gasteiger partial charge on any atom is 0.405 e. The Labute approximate surface area is 473 Å². The van der Waals surface area contributed by atoms with Crippen molar-refractivity contribution in [2.45, 2.75) is 128 Å². The van der Waals surface area contributed by atoms with Crippen LogP contribution in [0.25, 0.3) is 32.2 Å². The van der Waals surface area contributed by atoms with Crippen LogP contribution >= 0.6 is 11.3 Å². The molecule has 19 heteroatoms. The highest BCUT2D eigenvalue weighted by molar-refractivity contribution is 7.22. The SMILES string of the molecule is Cc1c(OC2CCC(CCCCN3CCN(c4ccc5c(C6CCC(=O)NC6=O)nn(C)c5c4)C[C@H]3C(F)(F)F)CC2)cccc1-c1ccc(N2CCc3cccc(C(=O)Nc4nc5ccccc5s4)c3C2)nc1C(=O)OC(C)(C)C. The number of esters is 1. The number of para-hydroxylation sites is 1. The van der Waals surface area contributed by atoms with Gasteiger partial charge in [-0.15, -0.1) is 0 Å². The van der Waals surface area contributed by atoms with Gasteiger partial charge in [-0.1, -0.05) is 60.6 Å². The topological polar surface area (TPSA) is 164 Å². The van der Waals surface area contributed by atoms with E-state index in [1.807, 2.05) is 113 Å². The zero-order valence-electron chi connectivity index (χ0n) is 46.4. The molecule has 1 saturated carbocycles. The van der Waals surface area contributed by atoms with E-state index in [1.54, 1.807) is 21.5 Å². The molecule has 11 rings (SSSR count). The molecule has 1 unspecified atom stereocenters. The summed E-state index contributed by atoms with van der Waals surface area (Å²) in [7, 11) is 1.76. The number of imide groups is 1. The summed E-state index contributed by atoms with van der Waals surface area (Å²) in [6, 6.07) is 27.2. The molecule has 4 aromatic carbocycles. The molecule has 0 radical (unpaired) electrons. The number of aromatic nitrogens is 4. The summed E-state index contributed by atoms with van der Waals surface area (Å²) in [6.07, 6.45) is 2.98. The van der Waals surface area contributed by atoms with E-state index < -0.39 is 29.7 Å². The van der Waals surface area contributed by atoms with E-state index in [2.05, 4.69) is 31.7 Å². The molecule has 2 saturated heterocycles. The molecular formula is C62H68F3N9O6S. The first-order valence-corrected chi connectivity index (χ1v) is 29.0. The number of benzene rings is 4. The number of carbonyl (C=O) groups excluding carboxylic acids is 4. The first-order valence-electron chi connectivity index (χ1n) is 28.2. The third kappa shape index (κ3) is 12.2. The number of piperazine rings is 1. The molecule has 15 nitrogen and oxygen atoms in total. The third-order valence-electron chi connectivity index (χ3n) is 16.5. The van der Waals surface area contributed by atoms with E-state index in [4.69, 9.17) is 14.5 Å². The van der Waals surface area contributed by atoms with Crippen molar-refractivity contribution in [2.75, 3.05) is 47.8 Å². The molecule has 424 valence electrons. The van der Waals surface area contributed by atoms with E-state index in [9.17, 15) is 32.3 Å². The molecule has 3 aliphatic heterocycles. The fourth-order valence-electron chi connectivity index (χ4n) is 12.2. The number of piperidine rings is 1. The summed E-state index contributed by atoms with van der Waals surface area (Å²) in [6.45, 7) is 9.47. The molecule has 2 N–H and O–H groups in total. The molecule has 1 aliphatic carbocycles. The fraction of sp³-hybridized carbons (Fsp3) is 0.435. The number of hydrogen-bond acceptors (Lipinski definition) is 13. The van der Waals surface area contributed by atoms with Crippen LogP contribution in [-0.4, -0.2) is 105 Å². The van der Waals surface area contributed by atoms with Crippen molar-refractivity contribution in [3.05, 3.63) is 125 Å². The van der Waals surface area contributed by atoms with Crippen LogP contribution in [0.2, 0.25) is 0 Å². The third-order valence-corrected chi connectivity index (χ3v) is 17.4. The molecule has 81 heavy (non-hydrogen) atoms. The lowest BCUT2D eigenvalue weighted by atomic mass is 9.84. The second-order valence-electron chi connectivity index (χ2n) is 23.1. The number of rotatable bonds is 14. The molecule has 0 bridgehead atoms. The number of carbonyl (C=O) groups is 4. The van der Waals surface area contributed by atoms with Crippen LogP contribution in [0.1, 0.15) is 128 Å². The predicted molar refractivity (Wildman–Crippen MR) is 308 cm³/mol. The fourth-order valence-corrected chi connectivity index (χ4v) is 13.1. The lowest BCUT2D eigenvalue weighted by Crippen LogP contribution is -2.59. The smallest absolute Gasteiger partial charge is 0.405 e. The Kier molecular flexibility index (Phi) is 15.7. The highest BCUT2D eigenvalue weighted by atomic mass is 32.1. The van der Waals surface area contributed by atoms with Crippen molar-refractivity contribution in [2.24, 2.45) is 13.0 Å². The molecule has 4 aliphatic rings. The maximum absolute atomic E-state index is 14.7. The quantitative estimate of drug-likeness (QED) is 0.0603. The van der Waals surface area contributed by atoms with Crippen LogP contribution in [-0.2, 0) is 34.3 Å². The molecule has 3 fully saturated rings. The summed E-state index contributed by atoms with van der Waals surface area (Å²) >= 11 is 1.43. The van der Waals surface area contributed by atoms with Gasteiger partial charge in [0.15, 0.2) is 10.8 Å². The minimum Gasteiger partial charge on any atom is -0.490 e. The number of alkyl halides is 3. The number of thiazole rings is 1. The van der Waals surface area contributed by atoms with Crippen molar-refractivity contribution < 1.29 is 41.8 Å². The second-order valence-corrected chi connectivity index (χ2v) is 24.1. The normalized spacial score (nSPS) is 20.1. The average molecular weight is 1120 g/mol. The Bertz CT molecular complexity index is 3500. The minimum absolute atomic E-state index is 0.00832. The van der Waals surface area contributed by atoms with E-state index >= 15 is 0 Å². The van der Waals surface area contributed by atoms with E-state index in [1.165, 1.54) is 11.3 Å². The number of halogens is 3. The lowest BCUT2D eigenvalue weighted by molar-refractivity contribution is -0.184. The number of amides is 3. The number of fused-ring (bicyclic) bond motifs is 3. The number of pyridine rings is 1. The van der Waals surface area contributed by atoms with Crippen molar-refractivity contribution in [3.8, 4) is 16.9 Å². The highest BCUT2D eigenvalue weighted by Crippen LogP contribution is 2.39. The highest BCUT2D eigenvalue weighted by Gasteiger charge is 2.46. The second kappa shape index (κ2) is 22.9. The number of nitrogens with zero attached hydrogens (tertiary/aromatic N) is 7. The van der Waals surface area contributed by atoms with Crippen molar-refractivity contribution in [3.63, 3.8) is 0 Å². The van der Waals surface area contributed by atoms with Crippen LogP contribution in [0, 0.1) is 12.8 Å². The van der Waals surface area contributed by atoms with Gasteiger partial charge in [0.2, 0.25) is 11.8 Å². The number of aryl methyl sites for hydroxylation is 1. The van der Waals surface area contributed by atoms with Crippen molar-refractivity contribution in [1.29, 1.82) is 0 Å². The molecule has 3 amide bonds. The zero-order chi connectivity index (χ0) is 56.7. The number of unbranched alkanes of at least 4 members (excludes halogenated alkanes) is 1. The Morgan fingerprint density at radius 2 is 1.64 bits per heavy atom. The van der Waals surface area contributed by atoms with E-state index in [0.717, 1.165) is 87.6 Å². The van der Waals surface area contributed by atoms with Gasteiger partial charge in [0.1, 0.15) is 23.2 Å². The van der Waals surface area contributed by atoms with Gasteiger partial charge in [-0.25, -0.2) is 14.8 Å². The average Bonchev–Trinajstić information content (AvgIpc) is 4.02. The van der Waals surface area contributed by atoms with Gasteiger partial charge in [-0.2, -0.15) is 18.3 Å². The molecule has 2 atom stereocenters. The van der Waals surface area contributed by atoms with Crippen LogP contribution in [0.4, 0.5) is 29.8 Å². The van der Waals surface area contributed by atoms with Gasteiger partial charge in [0.05, 0.1) is 33.4 Å². The molecule has 3 aromatic heterocycles. The Balaban J connectivity index is 0.696. The first kappa shape index (κ1) is 55.5. The largest absolute Gasteiger partial charge is 0.490 e. The van der Waals surface area contributed by atoms with Gasteiger partial charge in [-0.3, -0.25) is 34.6 Å². The predicted octanol–water partition coefficient (Wildman–Crippen LogP) is 11.7. The number of ether oxygens (including phenoxy) is 2. The summed E-state index contributed by atoms with van der Waals surface area (Å²) in [5.41, 5.74) is 7.07.